The summed E-state index contributed by atoms with van der Waals surface area (Å²) in [5, 5.41) is 9.41. The second kappa shape index (κ2) is 6.77. The molecule has 0 saturated carbocycles. The molecule has 0 aliphatic carbocycles. The Morgan fingerprint density at radius 1 is 1.57 bits per heavy atom. The number of hydrogen-bond acceptors (Lipinski definition) is 5. The van der Waals surface area contributed by atoms with Crippen LogP contribution in [0.3, 0.4) is 0 Å². The van der Waals surface area contributed by atoms with E-state index in [1.807, 2.05) is 0 Å². The summed E-state index contributed by atoms with van der Waals surface area (Å²) in [6.45, 7) is 0.423. The lowest BCUT2D eigenvalue weighted by Crippen LogP contribution is -2.37. The number of rotatable bonds is 6. The summed E-state index contributed by atoms with van der Waals surface area (Å²) in [6.07, 6.45) is -1.17. The Morgan fingerprint density at radius 2 is 2.33 bits per heavy atom. The van der Waals surface area contributed by atoms with Crippen LogP contribution in [-0.4, -0.2) is 47.0 Å². The molecule has 0 unspecified atom stereocenters. The van der Waals surface area contributed by atoms with Gasteiger partial charge >= 0.3 is 0 Å². The van der Waals surface area contributed by atoms with Gasteiger partial charge in [0.2, 0.25) is 0 Å². The van der Waals surface area contributed by atoms with E-state index < -0.39 is 18.9 Å². The predicted octanol–water partition coefficient (Wildman–Crippen LogP) is 2.41. The maximum atomic E-state index is 12.5. The summed E-state index contributed by atoms with van der Waals surface area (Å²) >= 11 is 1.25. The Labute approximate surface area is 123 Å². The number of amides is 1. The fraction of sp³-hybridized carbons (Fsp3) is 0.385. The lowest BCUT2D eigenvalue weighted by Gasteiger charge is -2.20. The van der Waals surface area contributed by atoms with Crippen molar-refractivity contribution < 1.29 is 23.1 Å². The van der Waals surface area contributed by atoms with Gasteiger partial charge in [0, 0.05) is 11.4 Å². The molecule has 2 aromatic heterocycles. The lowest BCUT2D eigenvalue weighted by molar-refractivity contribution is 0.0504. The molecule has 1 N–H and O–H groups in total. The number of aromatic nitrogens is 1. The van der Waals surface area contributed by atoms with Gasteiger partial charge in [0.15, 0.2) is 10.8 Å². The lowest BCUT2D eigenvalue weighted by atomic mass is 10.3. The maximum absolute atomic E-state index is 12.5. The highest BCUT2D eigenvalue weighted by Gasteiger charge is 2.24. The first-order valence-electron chi connectivity index (χ1n) is 6.22. The second-order valence-electron chi connectivity index (χ2n) is 4.27. The molecule has 0 bridgehead atoms. The molecule has 0 saturated heterocycles. The molecule has 0 atom stereocenters. The van der Waals surface area contributed by atoms with Crippen LogP contribution in [0.5, 0.6) is 0 Å². The van der Waals surface area contributed by atoms with Crippen LogP contribution in [0, 0.1) is 6.92 Å². The summed E-state index contributed by atoms with van der Waals surface area (Å²) in [7, 11) is 0. The Morgan fingerprint density at radius 3 is 2.90 bits per heavy atom. The first-order valence-corrected chi connectivity index (χ1v) is 7.04. The van der Waals surface area contributed by atoms with Gasteiger partial charge in [-0.15, -0.1) is 11.3 Å². The van der Waals surface area contributed by atoms with E-state index in [9.17, 15) is 13.6 Å². The molecule has 2 rings (SSSR count). The smallest absolute Gasteiger partial charge is 0.273 e. The van der Waals surface area contributed by atoms with Crippen LogP contribution in [0.25, 0.3) is 10.8 Å². The number of aliphatic hydroxyl groups is 1. The SMILES string of the molecule is Cc1sc(-c2ccco2)nc1C(=O)N(CCO)CC(F)F. The molecule has 2 heterocycles. The summed E-state index contributed by atoms with van der Waals surface area (Å²) in [4.78, 5) is 18.0. The van der Waals surface area contributed by atoms with Crippen molar-refractivity contribution >= 4 is 17.2 Å². The Kier molecular flexibility index (Phi) is 5.03. The summed E-state index contributed by atoms with van der Waals surface area (Å²) in [5.74, 6) is -0.0966. The fourth-order valence-electron chi connectivity index (χ4n) is 1.81. The fourth-order valence-corrected chi connectivity index (χ4v) is 2.69. The highest BCUT2D eigenvalue weighted by Crippen LogP contribution is 2.28. The van der Waals surface area contributed by atoms with Crippen LogP contribution in [-0.2, 0) is 0 Å². The molecule has 1 amide bonds. The summed E-state index contributed by atoms with van der Waals surface area (Å²) < 4.78 is 30.2. The third-order valence-corrected chi connectivity index (χ3v) is 3.73. The molecule has 5 nitrogen and oxygen atoms in total. The molecule has 0 radical (unpaired) electrons. The van der Waals surface area contributed by atoms with Crippen molar-refractivity contribution in [3.63, 3.8) is 0 Å². The van der Waals surface area contributed by atoms with E-state index in [0.717, 1.165) is 4.90 Å². The van der Waals surface area contributed by atoms with E-state index in [0.29, 0.717) is 15.6 Å². The molecule has 0 spiro atoms. The first kappa shape index (κ1) is 15.6. The number of aryl methyl sites for hydroxylation is 1. The van der Waals surface area contributed by atoms with Gasteiger partial charge < -0.3 is 14.4 Å². The van der Waals surface area contributed by atoms with E-state index >= 15 is 0 Å². The van der Waals surface area contributed by atoms with Crippen molar-refractivity contribution in [2.45, 2.75) is 13.3 Å². The number of hydrogen-bond donors (Lipinski definition) is 1. The third kappa shape index (κ3) is 3.64. The monoisotopic (exact) mass is 316 g/mol. The zero-order valence-corrected chi connectivity index (χ0v) is 12.1. The van der Waals surface area contributed by atoms with Crippen LogP contribution in [0.4, 0.5) is 8.78 Å². The number of alkyl halides is 2. The molecule has 0 fully saturated rings. The predicted molar refractivity (Wildman–Crippen MR) is 73.5 cm³/mol. The average molecular weight is 316 g/mol. The quantitative estimate of drug-likeness (QED) is 0.889. The molecule has 8 heteroatoms. The van der Waals surface area contributed by atoms with Crippen molar-refractivity contribution in [3.05, 3.63) is 29.0 Å². The van der Waals surface area contributed by atoms with Crippen LogP contribution < -0.4 is 0 Å². The summed E-state index contributed by atoms with van der Waals surface area (Å²) in [5.41, 5.74) is 0.112. The average Bonchev–Trinajstić information content (AvgIpc) is 3.05. The van der Waals surface area contributed by atoms with Crippen molar-refractivity contribution in [1.29, 1.82) is 0 Å². The van der Waals surface area contributed by atoms with Crippen LogP contribution >= 0.6 is 11.3 Å². The van der Waals surface area contributed by atoms with Gasteiger partial charge in [-0.3, -0.25) is 4.79 Å². The number of aliphatic hydroxyl groups excluding tert-OH is 1. The van der Waals surface area contributed by atoms with Gasteiger partial charge in [0.1, 0.15) is 5.69 Å². The summed E-state index contributed by atoms with van der Waals surface area (Å²) in [6, 6.07) is 3.40. The molecule has 21 heavy (non-hydrogen) atoms. The maximum Gasteiger partial charge on any atom is 0.273 e. The minimum absolute atomic E-state index is 0.112. The number of thiazole rings is 1. The molecular formula is C13H14F2N2O3S. The number of halogens is 2. The van der Waals surface area contributed by atoms with Gasteiger partial charge in [0.25, 0.3) is 12.3 Å². The normalized spacial score (nSPS) is 11.1. The van der Waals surface area contributed by atoms with Gasteiger partial charge in [0.05, 0.1) is 19.4 Å². The molecule has 0 aromatic carbocycles. The van der Waals surface area contributed by atoms with E-state index in [1.54, 1.807) is 19.1 Å². The second-order valence-corrected chi connectivity index (χ2v) is 5.47. The first-order chi connectivity index (χ1) is 10.0. The van der Waals surface area contributed by atoms with Crippen molar-refractivity contribution in [1.82, 2.24) is 9.88 Å². The highest BCUT2D eigenvalue weighted by atomic mass is 32.1. The number of furan rings is 1. The Balaban J connectivity index is 2.25. The zero-order valence-electron chi connectivity index (χ0n) is 11.3. The standard InChI is InChI=1S/C13H14F2N2O3S/c1-8-11(13(19)17(4-5-18)7-10(14)15)16-12(21-8)9-3-2-6-20-9/h2-3,6,10,18H,4-5,7H2,1H3. The Hall–Kier alpha value is -1.80. The molecular weight excluding hydrogens is 302 g/mol. The topological polar surface area (TPSA) is 66.6 Å². The molecule has 2 aromatic rings. The minimum Gasteiger partial charge on any atom is -0.462 e. The minimum atomic E-state index is -2.66. The van der Waals surface area contributed by atoms with E-state index in [4.69, 9.17) is 9.52 Å². The van der Waals surface area contributed by atoms with E-state index in [-0.39, 0.29) is 18.8 Å². The zero-order chi connectivity index (χ0) is 15.4. The van der Waals surface area contributed by atoms with Crippen molar-refractivity contribution in [2.75, 3.05) is 19.7 Å². The van der Waals surface area contributed by atoms with E-state index in [2.05, 4.69) is 4.98 Å². The molecule has 0 aliphatic rings. The number of carbonyl (C=O) groups is 1. The van der Waals surface area contributed by atoms with Gasteiger partial charge in [-0.1, -0.05) is 0 Å². The van der Waals surface area contributed by atoms with Gasteiger partial charge in [-0.05, 0) is 19.1 Å². The van der Waals surface area contributed by atoms with Crippen LogP contribution in [0.1, 0.15) is 15.4 Å². The number of carbonyl (C=O) groups excluding carboxylic acids is 1. The highest BCUT2D eigenvalue weighted by molar-refractivity contribution is 7.15. The van der Waals surface area contributed by atoms with E-state index in [1.165, 1.54) is 17.6 Å². The number of nitrogens with zero attached hydrogens (tertiary/aromatic N) is 2. The van der Waals surface area contributed by atoms with Crippen LogP contribution in [0.2, 0.25) is 0 Å². The Bertz CT molecular complexity index is 599. The molecule has 114 valence electrons. The van der Waals surface area contributed by atoms with Gasteiger partial charge in [-0.25, -0.2) is 13.8 Å². The largest absolute Gasteiger partial charge is 0.462 e. The van der Waals surface area contributed by atoms with Crippen molar-refractivity contribution in [3.8, 4) is 10.8 Å². The van der Waals surface area contributed by atoms with Crippen molar-refractivity contribution in [2.24, 2.45) is 0 Å². The van der Waals surface area contributed by atoms with Gasteiger partial charge in [-0.2, -0.15) is 0 Å². The molecule has 0 aliphatic heterocycles. The van der Waals surface area contributed by atoms with Crippen LogP contribution in [0.15, 0.2) is 22.8 Å². The third-order valence-electron chi connectivity index (χ3n) is 2.75.